The van der Waals surface area contributed by atoms with Crippen molar-refractivity contribution in [3.63, 3.8) is 0 Å². The van der Waals surface area contributed by atoms with Crippen molar-refractivity contribution in [1.29, 1.82) is 0 Å². The van der Waals surface area contributed by atoms with Gasteiger partial charge in [0.25, 0.3) is 0 Å². The maximum Gasteiger partial charge on any atom is 0.119 e. The first-order valence-electron chi connectivity index (χ1n) is 5.41. The zero-order valence-electron chi connectivity index (χ0n) is 9.02. The lowest BCUT2D eigenvalue weighted by molar-refractivity contribution is -0.0100. The van der Waals surface area contributed by atoms with E-state index in [4.69, 9.17) is 4.74 Å². The lowest BCUT2D eigenvalue weighted by Gasteiger charge is -2.27. The van der Waals surface area contributed by atoms with E-state index >= 15 is 0 Å². The summed E-state index contributed by atoms with van der Waals surface area (Å²) in [5.74, 6) is 0.720. The Labute approximate surface area is 81.0 Å². The summed E-state index contributed by atoms with van der Waals surface area (Å²) < 4.78 is 5.93. The maximum atomic E-state index is 5.93. The monoisotopic (exact) mass is 183 g/mol. The molecule has 0 aromatic rings. The van der Waals surface area contributed by atoms with Gasteiger partial charge in [0.1, 0.15) is 5.72 Å². The summed E-state index contributed by atoms with van der Waals surface area (Å²) in [6.45, 7) is 9.02. The van der Waals surface area contributed by atoms with Crippen molar-refractivity contribution in [2.75, 3.05) is 13.2 Å². The van der Waals surface area contributed by atoms with Gasteiger partial charge in [-0.15, -0.1) is 0 Å². The van der Waals surface area contributed by atoms with Gasteiger partial charge < -0.3 is 4.74 Å². The van der Waals surface area contributed by atoms with Crippen LogP contribution in [0.4, 0.5) is 0 Å². The molecular formula is C11H21NO. The third-order valence-corrected chi connectivity index (χ3v) is 3.57. The molecule has 2 heterocycles. The van der Waals surface area contributed by atoms with Gasteiger partial charge in [-0.2, -0.15) is 0 Å². The van der Waals surface area contributed by atoms with Crippen LogP contribution < -0.4 is 5.32 Å². The van der Waals surface area contributed by atoms with Gasteiger partial charge in [0.2, 0.25) is 0 Å². The van der Waals surface area contributed by atoms with Crippen LogP contribution in [0.1, 0.15) is 40.0 Å². The van der Waals surface area contributed by atoms with Crippen LogP contribution in [0.3, 0.4) is 0 Å². The van der Waals surface area contributed by atoms with Crippen molar-refractivity contribution in [3.05, 3.63) is 0 Å². The second-order valence-electron chi connectivity index (χ2n) is 5.60. The van der Waals surface area contributed by atoms with Crippen molar-refractivity contribution >= 4 is 0 Å². The lowest BCUT2D eigenvalue weighted by atomic mass is 9.78. The van der Waals surface area contributed by atoms with Crippen LogP contribution in [0.25, 0.3) is 0 Å². The molecule has 1 N–H and O–H groups in total. The smallest absolute Gasteiger partial charge is 0.119 e. The van der Waals surface area contributed by atoms with Gasteiger partial charge in [0.05, 0.1) is 6.61 Å². The molecule has 1 spiro atoms. The average molecular weight is 183 g/mol. The first kappa shape index (κ1) is 9.47. The van der Waals surface area contributed by atoms with E-state index in [2.05, 4.69) is 26.1 Å². The highest BCUT2D eigenvalue weighted by molar-refractivity contribution is 4.94. The van der Waals surface area contributed by atoms with Gasteiger partial charge in [0.15, 0.2) is 0 Å². The molecule has 0 aliphatic carbocycles. The average Bonchev–Trinajstić information content (AvgIpc) is 2.60. The number of ether oxygens (including phenoxy) is 1. The second kappa shape index (κ2) is 2.96. The summed E-state index contributed by atoms with van der Waals surface area (Å²) in [6.07, 6.45) is 3.69. The van der Waals surface area contributed by atoms with E-state index in [1.165, 1.54) is 19.3 Å². The minimum atomic E-state index is 0.0674. The zero-order valence-corrected chi connectivity index (χ0v) is 9.02. The molecule has 2 unspecified atom stereocenters. The summed E-state index contributed by atoms with van der Waals surface area (Å²) >= 11 is 0. The largest absolute Gasteiger partial charge is 0.360 e. The summed E-state index contributed by atoms with van der Waals surface area (Å²) in [7, 11) is 0. The van der Waals surface area contributed by atoms with Crippen molar-refractivity contribution in [3.8, 4) is 0 Å². The quantitative estimate of drug-likeness (QED) is 0.621. The molecule has 0 amide bonds. The fourth-order valence-corrected chi connectivity index (χ4v) is 2.41. The van der Waals surface area contributed by atoms with Gasteiger partial charge in [-0.3, -0.25) is 5.32 Å². The molecule has 2 nitrogen and oxygen atoms in total. The highest BCUT2D eigenvalue weighted by Crippen LogP contribution is 2.42. The number of hydrogen-bond donors (Lipinski definition) is 1. The summed E-state index contributed by atoms with van der Waals surface area (Å²) in [6, 6.07) is 0. The van der Waals surface area contributed by atoms with E-state index in [1.54, 1.807) is 0 Å². The Balaban J connectivity index is 2.01. The normalized spacial score (nSPS) is 40.4. The molecule has 13 heavy (non-hydrogen) atoms. The predicted molar refractivity (Wildman–Crippen MR) is 53.5 cm³/mol. The van der Waals surface area contributed by atoms with E-state index in [1.807, 2.05) is 0 Å². The number of hydrogen-bond acceptors (Lipinski definition) is 2. The molecule has 0 aromatic heterocycles. The van der Waals surface area contributed by atoms with Crippen LogP contribution in [-0.4, -0.2) is 18.9 Å². The van der Waals surface area contributed by atoms with E-state index < -0.39 is 0 Å². The van der Waals surface area contributed by atoms with E-state index in [0.717, 1.165) is 19.1 Å². The van der Waals surface area contributed by atoms with Crippen LogP contribution in [0.5, 0.6) is 0 Å². The molecule has 2 aliphatic rings. The second-order valence-corrected chi connectivity index (χ2v) is 5.60. The van der Waals surface area contributed by atoms with Crippen LogP contribution in [-0.2, 0) is 4.74 Å². The molecule has 2 saturated heterocycles. The molecule has 76 valence electrons. The first-order valence-corrected chi connectivity index (χ1v) is 5.41. The van der Waals surface area contributed by atoms with Crippen molar-refractivity contribution in [2.24, 2.45) is 11.3 Å². The Hall–Kier alpha value is -0.0800. The molecular weight excluding hydrogens is 162 g/mol. The molecule has 2 heteroatoms. The van der Waals surface area contributed by atoms with Gasteiger partial charge in [0, 0.05) is 0 Å². The van der Waals surface area contributed by atoms with Crippen LogP contribution in [0.2, 0.25) is 0 Å². The Morgan fingerprint density at radius 2 is 2.15 bits per heavy atom. The molecule has 0 aromatic carbocycles. The van der Waals surface area contributed by atoms with Gasteiger partial charge in [-0.1, -0.05) is 20.8 Å². The molecule has 2 atom stereocenters. The van der Waals surface area contributed by atoms with E-state index in [9.17, 15) is 0 Å². The lowest BCUT2D eigenvalue weighted by Crippen LogP contribution is -2.39. The van der Waals surface area contributed by atoms with Gasteiger partial charge >= 0.3 is 0 Å². The Bertz CT molecular complexity index is 189. The molecule has 2 fully saturated rings. The van der Waals surface area contributed by atoms with Crippen molar-refractivity contribution in [2.45, 2.75) is 45.8 Å². The van der Waals surface area contributed by atoms with E-state index in [0.29, 0.717) is 5.41 Å². The Morgan fingerprint density at radius 1 is 1.38 bits per heavy atom. The fraction of sp³-hybridized carbons (Fsp3) is 1.00. The summed E-state index contributed by atoms with van der Waals surface area (Å²) in [5, 5.41) is 3.51. The topological polar surface area (TPSA) is 21.3 Å². The first-order chi connectivity index (χ1) is 6.02. The molecule has 0 bridgehead atoms. The number of nitrogens with one attached hydrogen (secondary N) is 1. The third kappa shape index (κ3) is 1.75. The summed E-state index contributed by atoms with van der Waals surface area (Å²) in [4.78, 5) is 0. The van der Waals surface area contributed by atoms with Crippen LogP contribution in [0.15, 0.2) is 0 Å². The van der Waals surface area contributed by atoms with Crippen LogP contribution >= 0.6 is 0 Å². The van der Waals surface area contributed by atoms with Crippen molar-refractivity contribution < 1.29 is 4.74 Å². The fourth-order valence-electron chi connectivity index (χ4n) is 2.41. The minimum Gasteiger partial charge on any atom is -0.360 e. The SMILES string of the molecule is CC(C)(C)C1COC2(CCCN2)C1. The Morgan fingerprint density at radius 3 is 2.62 bits per heavy atom. The Kier molecular flexibility index (Phi) is 2.16. The minimum absolute atomic E-state index is 0.0674. The summed E-state index contributed by atoms with van der Waals surface area (Å²) in [5.41, 5.74) is 0.464. The highest BCUT2D eigenvalue weighted by atomic mass is 16.5. The molecule has 2 rings (SSSR count). The van der Waals surface area contributed by atoms with E-state index in [-0.39, 0.29) is 5.72 Å². The van der Waals surface area contributed by atoms with Crippen LogP contribution in [0, 0.1) is 11.3 Å². The predicted octanol–water partition coefficient (Wildman–Crippen LogP) is 2.15. The standard InChI is InChI=1S/C11H21NO/c1-10(2,3)9-7-11(13-8-9)5-4-6-12-11/h9,12H,4-8H2,1-3H3. The van der Waals surface area contributed by atoms with Crippen molar-refractivity contribution in [1.82, 2.24) is 5.32 Å². The molecule has 0 saturated carbocycles. The van der Waals surface area contributed by atoms with Gasteiger partial charge in [-0.05, 0) is 37.1 Å². The third-order valence-electron chi connectivity index (χ3n) is 3.57. The maximum absolute atomic E-state index is 5.93. The number of rotatable bonds is 0. The highest BCUT2D eigenvalue weighted by Gasteiger charge is 2.45. The molecule has 0 radical (unpaired) electrons. The van der Waals surface area contributed by atoms with Gasteiger partial charge in [-0.25, -0.2) is 0 Å². The molecule has 2 aliphatic heterocycles. The zero-order chi connectivity index (χ0) is 9.53.